The first-order chi connectivity index (χ1) is 15.7. The molecule has 1 fully saturated rings. The molecule has 3 rings (SSSR count). The molecule has 4 bridgehead atoms. The molecule has 33 heavy (non-hydrogen) atoms. The van der Waals surface area contributed by atoms with Gasteiger partial charge >= 0.3 is 12.1 Å². The summed E-state index contributed by atoms with van der Waals surface area (Å²) in [4.78, 5) is 44.6. The van der Waals surface area contributed by atoms with E-state index in [1.165, 1.54) is 12.0 Å². The first-order valence-corrected chi connectivity index (χ1v) is 11.6. The number of nitrogens with zero attached hydrogens (tertiary/aromatic N) is 2. The van der Waals surface area contributed by atoms with Gasteiger partial charge in [0.05, 0.1) is 32.1 Å². The fourth-order valence-electron chi connectivity index (χ4n) is 4.20. The second-order valence-electron chi connectivity index (χ2n) is 9.71. The molecular formula is C24H35N3O6. The predicted molar refractivity (Wildman–Crippen MR) is 120 cm³/mol. The lowest BCUT2D eigenvalue weighted by Crippen LogP contribution is -2.57. The molecular weight excluding hydrogens is 426 g/mol. The van der Waals surface area contributed by atoms with E-state index >= 15 is 0 Å². The number of pyridine rings is 1. The molecule has 1 aromatic heterocycles. The van der Waals surface area contributed by atoms with E-state index < -0.39 is 29.6 Å². The van der Waals surface area contributed by atoms with Crippen molar-refractivity contribution in [3.63, 3.8) is 0 Å². The molecule has 1 saturated heterocycles. The van der Waals surface area contributed by atoms with Gasteiger partial charge in [0.25, 0.3) is 0 Å². The van der Waals surface area contributed by atoms with Crippen LogP contribution in [0.15, 0.2) is 18.2 Å². The van der Waals surface area contributed by atoms with Gasteiger partial charge in [-0.1, -0.05) is 26.8 Å². The Hall–Kier alpha value is -2.68. The van der Waals surface area contributed by atoms with Crippen LogP contribution < -0.4 is 5.32 Å². The minimum absolute atomic E-state index is 0.224. The maximum Gasteiger partial charge on any atom is 0.407 e. The highest BCUT2D eigenvalue weighted by Crippen LogP contribution is 2.28. The molecule has 1 N–H and O–H groups in total. The van der Waals surface area contributed by atoms with Gasteiger partial charge in [0.2, 0.25) is 5.91 Å². The summed E-state index contributed by atoms with van der Waals surface area (Å²) >= 11 is 0. The minimum Gasteiger partial charge on any atom is -0.467 e. The lowest BCUT2D eigenvalue weighted by Gasteiger charge is -2.34. The number of carbonyl (C=O) groups excluding carboxylic acids is 3. The number of rotatable bonds is 1. The Balaban J connectivity index is 1.85. The number of carbonyl (C=O) groups is 3. The normalized spacial score (nSPS) is 25.5. The number of methoxy groups -OCH3 is 1. The van der Waals surface area contributed by atoms with Gasteiger partial charge in [-0.15, -0.1) is 0 Å². The van der Waals surface area contributed by atoms with Crippen molar-refractivity contribution < 1.29 is 28.6 Å². The van der Waals surface area contributed by atoms with Crippen LogP contribution in [0.1, 0.15) is 57.8 Å². The van der Waals surface area contributed by atoms with Gasteiger partial charge in [-0.3, -0.25) is 9.78 Å². The quantitative estimate of drug-likeness (QED) is 0.641. The standard InChI is InChI=1S/C24H35N3O6/c1-24(2,3)20-21(28)27-14-18(13-19(27)22(29)31-4)33-15-17-11-8-10-16(25-17)9-6-5-7-12-32-23(30)26-20/h8,10-11,18-20H,5-7,9,12-15H2,1-4H3,(H,26,30)/t18-,19+,20-/m1/s1. The zero-order valence-electron chi connectivity index (χ0n) is 20.0. The Morgan fingerprint density at radius 2 is 1.94 bits per heavy atom. The third-order valence-corrected chi connectivity index (χ3v) is 6.04. The third-order valence-electron chi connectivity index (χ3n) is 6.04. The third kappa shape index (κ3) is 6.66. The first kappa shape index (κ1) is 25.0. The first-order valence-electron chi connectivity index (χ1n) is 11.6. The van der Waals surface area contributed by atoms with Crippen molar-refractivity contribution in [3.05, 3.63) is 29.6 Å². The zero-order chi connectivity index (χ0) is 24.0. The molecule has 0 unspecified atom stereocenters. The minimum atomic E-state index is -0.867. The summed E-state index contributed by atoms with van der Waals surface area (Å²) < 4.78 is 16.3. The van der Waals surface area contributed by atoms with E-state index in [9.17, 15) is 14.4 Å². The summed E-state index contributed by atoms with van der Waals surface area (Å²) in [7, 11) is 1.30. The largest absolute Gasteiger partial charge is 0.467 e. The van der Waals surface area contributed by atoms with Gasteiger partial charge in [-0.05, 0) is 43.2 Å². The number of aryl methyl sites for hydroxylation is 1. The average Bonchev–Trinajstić information content (AvgIpc) is 3.21. The molecule has 1 aromatic rings. The highest BCUT2D eigenvalue weighted by molar-refractivity contribution is 5.90. The van der Waals surface area contributed by atoms with E-state index in [-0.39, 0.29) is 25.2 Å². The highest BCUT2D eigenvalue weighted by atomic mass is 16.5. The predicted octanol–water partition coefficient (Wildman–Crippen LogP) is 2.61. The molecule has 9 nitrogen and oxygen atoms in total. The molecule has 0 aromatic carbocycles. The summed E-state index contributed by atoms with van der Waals surface area (Å²) in [6.45, 7) is 6.37. The number of cyclic esters (lactones) is 1. The van der Waals surface area contributed by atoms with E-state index in [1.807, 2.05) is 39.0 Å². The van der Waals surface area contributed by atoms with Crippen molar-refractivity contribution in [2.75, 3.05) is 20.3 Å². The van der Waals surface area contributed by atoms with Crippen molar-refractivity contribution in [1.82, 2.24) is 15.2 Å². The van der Waals surface area contributed by atoms with Crippen molar-refractivity contribution in [3.8, 4) is 0 Å². The van der Waals surface area contributed by atoms with E-state index in [4.69, 9.17) is 14.2 Å². The fourth-order valence-corrected chi connectivity index (χ4v) is 4.20. The van der Waals surface area contributed by atoms with Gasteiger partial charge in [0.15, 0.2) is 0 Å². The van der Waals surface area contributed by atoms with Crippen molar-refractivity contribution in [2.45, 2.75) is 77.7 Å². The van der Waals surface area contributed by atoms with Crippen LogP contribution in [0, 0.1) is 5.41 Å². The summed E-state index contributed by atoms with van der Waals surface area (Å²) in [5.74, 6) is -0.863. The number of nitrogens with one attached hydrogen (secondary N) is 1. The molecule has 3 heterocycles. The van der Waals surface area contributed by atoms with Crippen LogP contribution in [0.4, 0.5) is 4.79 Å². The van der Waals surface area contributed by atoms with Crippen LogP contribution in [-0.2, 0) is 36.8 Å². The maximum atomic E-state index is 13.5. The lowest BCUT2D eigenvalue weighted by molar-refractivity contribution is -0.152. The number of hydrogen-bond acceptors (Lipinski definition) is 7. The summed E-state index contributed by atoms with van der Waals surface area (Å²) in [6.07, 6.45) is 2.72. The molecule has 0 spiro atoms. The molecule has 0 aliphatic carbocycles. The molecule has 182 valence electrons. The Morgan fingerprint density at radius 1 is 1.18 bits per heavy atom. The molecule has 2 amide bonds. The Bertz CT molecular complexity index is 853. The summed E-state index contributed by atoms with van der Waals surface area (Å²) in [5.41, 5.74) is 1.21. The van der Waals surface area contributed by atoms with Gasteiger partial charge in [-0.2, -0.15) is 0 Å². The average molecular weight is 462 g/mol. The van der Waals surface area contributed by atoms with Crippen LogP contribution in [0.2, 0.25) is 0 Å². The van der Waals surface area contributed by atoms with Crippen LogP contribution in [0.25, 0.3) is 0 Å². The van der Waals surface area contributed by atoms with Crippen molar-refractivity contribution in [2.24, 2.45) is 5.41 Å². The van der Waals surface area contributed by atoms with Gasteiger partial charge < -0.3 is 24.4 Å². The van der Waals surface area contributed by atoms with Crippen molar-refractivity contribution >= 4 is 18.0 Å². The highest BCUT2D eigenvalue weighted by Gasteiger charge is 2.46. The van der Waals surface area contributed by atoms with Crippen LogP contribution in [0.3, 0.4) is 0 Å². The monoisotopic (exact) mass is 461 g/mol. The van der Waals surface area contributed by atoms with Crippen LogP contribution in [0.5, 0.6) is 0 Å². The Morgan fingerprint density at radius 3 is 2.67 bits per heavy atom. The Kier molecular flexibility index (Phi) is 8.29. The van der Waals surface area contributed by atoms with Gasteiger partial charge in [0, 0.05) is 18.7 Å². The van der Waals surface area contributed by atoms with Gasteiger partial charge in [-0.25, -0.2) is 9.59 Å². The number of aromatic nitrogens is 1. The number of alkyl carbamates (subject to hydrolysis) is 1. The number of hydrogen-bond donors (Lipinski definition) is 1. The fraction of sp³-hybridized carbons (Fsp3) is 0.667. The van der Waals surface area contributed by atoms with Gasteiger partial charge in [0.1, 0.15) is 12.1 Å². The topological polar surface area (TPSA) is 107 Å². The second-order valence-corrected chi connectivity index (χ2v) is 9.71. The van der Waals surface area contributed by atoms with Crippen LogP contribution in [-0.4, -0.2) is 66.3 Å². The summed E-state index contributed by atoms with van der Waals surface area (Å²) in [6, 6.07) is 4.21. The maximum absolute atomic E-state index is 13.5. The summed E-state index contributed by atoms with van der Waals surface area (Å²) in [5, 5.41) is 2.72. The zero-order valence-corrected chi connectivity index (χ0v) is 20.0. The Labute approximate surface area is 195 Å². The molecule has 3 atom stereocenters. The van der Waals surface area contributed by atoms with E-state index in [2.05, 4.69) is 10.3 Å². The molecule has 0 saturated carbocycles. The van der Waals surface area contributed by atoms with E-state index in [0.717, 1.165) is 37.1 Å². The van der Waals surface area contributed by atoms with E-state index in [1.54, 1.807) is 0 Å². The van der Waals surface area contributed by atoms with Crippen molar-refractivity contribution in [1.29, 1.82) is 0 Å². The number of esters is 1. The van der Waals surface area contributed by atoms with Crippen LogP contribution >= 0.6 is 0 Å². The van der Waals surface area contributed by atoms with E-state index in [0.29, 0.717) is 13.0 Å². The lowest BCUT2D eigenvalue weighted by atomic mass is 9.85. The smallest absolute Gasteiger partial charge is 0.407 e. The molecule has 0 radical (unpaired) electrons. The molecule has 2 aliphatic heterocycles. The number of ether oxygens (including phenoxy) is 3. The number of amides is 2. The molecule has 9 heteroatoms. The SMILES string of the molecule is COC(=O)[C@@H]1C[C@@H]2CN1C(=O)[C@H](C(C)(C)C)NC(=O)OCCCCCc1cccc(n1)CO2. The number of fused-ring (bicyclic) bond motifs is 4. The second kappa shape index (κ2) is 11.0. The molecule has 2 aliphatic rings.